The number of nitrogens with one attached hydrogen (secondary N) is 1. The SMILES string of the molecule is [Ir].[S-][P+](N[P+]([S-])(c1ccccc1)c1ccccc1)(c1ccccc1)c1ccccc1. The van der Waals surface area contributed by atoms with Gasteiger partial charge in [0, 0.05) is 20.1 Å². The topological polar surface area (TPSA) is 12.0 Å². The predicted molar refractivity (Wildman–Crippen MR) is 136 cm³/mol. The molecule has 0 spiro atoms. The fraction of sp³-hybridized carbons (Fsp3) is 0. The van der Waals surface area contributed by atoms with E-state index >= 15 is 0 Å². The Kier molecular flexibility index (Phi) is 8.36. The summed E-state index contributed by atoms with van der Waals surface area (Å²) >= 11 is 12.9. The maximum atomic E-state index is 6.44. The van der Waals surface area contributed by atoms with E-state index in [-0.39, 0.29) is 20.1 Å². The van der Waals surface area contributed by atoms with E-state index in [0.29, 0.717) is 0 Å². The number of hydrogen-bond donors (Lipinski definition) is 1. The zero-order chi connectivity index (χ0) is 20.2. The van der Waals surface area contributed by atoms with Gasteiger partial charge in [0.15, 0.2) is 0 Å². The van der Waals surface area contributed by atoms with Gasteiger partial charge in [-0.3, -0.25) is 0 Å². The minimum atomic E-state index is -2.35. The van der Waals surface area contributed by atoms with Gasteiger partial charge in [-0.25, -0.2) is 0 Å². The first-order valence-corrected chi connectivity index (χ1v) is 15.0. The molecule has 6 heteroatoms. The van der Waals surface area contributed by atoms with E-state index in [1.807, 2.05) is 24.3 Å². The molecule has 0 bridgehead atoms. The third kappa shape index (κ3) is 4.92. The summed E-state index contributed by atoms with van der Waals surface area (Å²) in [7, 11) is 0. The van der Waals surface area contributed by atoms with Crippen molar-refractivity contribution < 1.29 is 20.1 Å². The van der Waals surface area contributed by atoms with Gasteiger partial charge < -0.3 is 24.5 Å². The maximum Gasteiger partial charge on any atom is 0.0987 e. The molecule has 0 saturated carbocycles. The Labute approximate surface area is 204 Å². The summed E-state index contributed by atoms with van der Waals surface area (Å²) in [6.45, 7) is -4.70. The first-order chi connectivity index (χ1) is 14.1. The quantitative estimate of drug-likeness (QED) is 0.243. The summed E-state index contributed by atoms with van der Waals surface area (Å²) in [5.41, 5.74) is 0. The van der Waals surface area contributed by atoms with E-state index in [9.17, 15) is 0 Å². The summed E-state index contributed by atoms with van der Waals surface area (Å²) < 4.78 is 0. The minimum Gasteiger partial charge on any atom is -0.523 e. The van der Waals surface area contributed by atoms with Gasteiger partial charge in [-0.2, -0.15) is 0 Å². The molecule has 0 fully saturated rings. The zero-order valence-electron chi connectivity index (χ0n) is 16.1. The van der Waals surface area contributed by atoms with Crippen LogP contribution in [0.1, 0.15) is 0 Å². The number of hydrogen-bond acceptors (Lipinski definition) is 3. The van der Waals surface area contributed by atoms with Crippen molar-refractivity contribution in [2.24, 2.45) is 0 Å². The van der Waals surface area contributed by atoms with Gasteiger partial charge in [0.25, 0.3) is 0 Å². The van der Waals surface area contributed by atoms with Crippen molar-refractivity contribution in [3.05, 3.63) is 121 Å². The molecule has 0 amide bonds. The van der Waals surface area contributed by atoms with Crippen LogP contribution < -0.4 is 26.1 Å². The predicted octanol–water partition coefficient (Wildman–Crippen LogP) is 4.66. The van der Waals surface area contributed by atoms with Crippen LogP contribution in [0, 0.1) is 0 Å². The maximum absolute atomic E-state index is 6.44. The first-order valence-electron chi connectivity index (χ1n) is 9.35. The van der Waals surface area contributed by atoms with E-state index in [1.54, 1.807) is 0 Å². The molecule has 0 aliphatic heterocycles. The summed E-state index contributed by atoms with van der Waals surface area (Å²) in [6, 6.07) is 41.5. The molecule has 4 aromatic carbocycles. The average Bonchev–Trinajstić information content (AvgIpc) is 2.81. The van der Waals surface area contributed by atoms with Gasteiger partial charge in [-0.1, -0.05) is 77.7 Å². The van der Waals surface area contributed by atoms with Crippen LogP contribution in [-0.4, -0.2) is 0 Å². The molecule has 1 N–H and O–H groups in total. The first kappa shape index (κ1) is 23.7. The van der Waals surface area contributed by atoms with E-state index in [4.69, 9.17) is 24.5 Å². The van der Waals surface area contributed by atoms with Crippen LogP contribution in [0.3, 0.4) is 0 Å². The van der Waals surface area contributed by atoms with Gasteiger partial charge in [-0.05, 0) is 48.5 Å². The van der Waals surface area contributed by atoms with E-state index in [1.165, 1.54) is 0 Å². The second kappa shape index (κ2) is 10.6. The normalized spacial score (nSPS) is 11.5. The van der Waals surface area contributed by atoms with Crippen molar-refractivity contribution in [2.45, 2.75) is 0 Å². The van der Waals surface area contributed by atoms with E-state index in [2.05, 4.69) is 102 Å². The molecule has 1 radical (unpaired) electrons. The molecule has 0 aromatic heterocycles. The van der Waals surface area contributed by atoms with Gasteiger partial charge >= 0.3 is 0 Å². The van der Waals surface area contributed by atoms with E-state index < -0.39 is 13.2 Å². The molecule has 0 atom stereocenters. The molecule has 4 rings (SSSR count). The van der Waals surface area contributed by atoms with Gasteiger partial charge in [0.2, 0.25) is 0 Å². The Bertz CT molecular complexity index is 886. The number of rotatable bonds is 6. The van der Waals surface area contributed by atoms with Crippen LogP contribution in [0.4, 0.5) is 0 Å². The Balaban J connectivity index is 0.00000256. The summed E-state index contributed by atoms with van der Waals surface area (Å²) in [4.78, 5) is 3.92. The van der Waals surface area contributed by atoms with Crippen molar-refractivity contribution >= 4 is 58.9 Å². The second-order valence-corrected chi connectivity index (χ2v) is 15.2. The standard InChI is InChI=1S/C24H21NP2S2.Ir/c28-26(21-13-5-1-6-14-21,22-15-7-2-8-16-22)25-27(29,23-17-9-3-10-18-23)24-19-11-4-12-20-24;/h1-20H,(H,25,28,29);. The molecule has 0 aliphatic carbocycles. The second-order valence-electron chi connectivity index (χ2n) is 6.66. The largest absolute Gasteiger partial charge is 0.523 e. The van der Waals surface area contributed by atoms with Crippen molar-refractivity contribution in [1.82, 2.24) is 4.86 Å². The number of benzene rings is 4. The third-order valence-corrected chi connectivity index (χ3v) is 15.1. The molecular weight excluding hydrogens is 621 g/mol. The van der Waals surface area contributed by atoms with Crippen molar-refractivity contribution in [2.75, 3.05) is 0 Å². The Hall–Kier alpha value is -0.951. The van der Waals surface area contributed by atoms with E-state index in [0.717, 1.165) is 21.2 Å². The van der Waals surface area contributed by atoms with Crippen molar-refractivity contribution in [1.29, 1.82) is 0 Å². The molecule has 153 valence electrons. The molecule has 1 nitrogen and oxygen atoms in total. The van der Waals surface area contributed by atoms with Crippen LogP contribution in [0.15, 0.2) is 121 Å². The van der Waals surface area contributed by atoms with Crippen molar-refractivity contribution in [3.8, 4) is 0 Å². The molecule has 4 aromatic rings. The van der Waals surface area contributed by atoms with Crippen LogP contribution in [0.25, 0.3) is 0 Å². The summed E-state index contributed by atoms with van der Waals surface area (Å²) in [5.74, 6) is 0. The van der Waals surface area contributed by atoms with Crippen molar-refractivity contribution in [3.63, 3.8) is 0 Å². The molecular formula is C24H21IrNP2S2. The van der Waals surface area contributed by atoms with Gasteiger partial charge in [-0.15, -0.1) is 0 Å². The monoisotopic (exact) mass is 642 g/mol. The summed E-state index contributed by atoms with van der Waals surface area (Å²) in [5, 5.41) is 4.51. The van der Waals surface area contributed by atoms with Crippen LogP contribution in [-0.2, 0) is 44.6 Å². The Morgan fingerprint density at radius 3 is 0.800 bits per heavy atom. The zero-order valence-corrected chi connectivity index (χ0v) is 21.9. The third-order valence-electron chi connectivity index (χ3n) is 4.76. The molecule has 0 unspecified atom stereocenters. The molecule has 0 heterocycles. The molecule has 0 aliphatic rings. The fourth-order valence-electron chi connectivity index (χ4n) is 3.28. The summed E-state index contributed by atoms with van der Waals surface area (Å²) in [6.07, 6.45) is 0. The smallest absolute Gasteiger partial charge is 0.0987 e. The van der Waals surface area contributed by atoms with Crippen LogP contribution >= 0.6 is 13.2 Å². The van der Waals surface area contributed by atoms with Crippen LogP contribution in [0.2, 0.25) is 0 Å². The Morgan fingerprint density at radius 1 is 0.400 bits per heavy atom. The Morgan fingerprint density at radius 2 is 0.600 bits per heavy atom. The molecule has 0 saturated heterocycles. The minimum absolute atomic E-state index is 0. The van der Waals surface area contributed by atoms with Gasteiger partial charge in [0.05, 0.1) is 34.4 Å². The van der Waals surface area contributed by atoms with Gasteiger partial charge in [0.1, 0.15) is 0 Å². The fourth-order valence-corrected chi connectivity index (χ4v) is 13.8. The molecule has 30 heavy (non-hydrogen) atoms. The van der Waals surface area contributed by atoms with Crippen LogP contribution in [0.5, 0.6) is 0 Å². The average molecular weight is 642 g/mol.